The van der Waals surface area contributed by atoms with Crippen LogP contribution in [0, 0.1) is 0 Å². The molecule has 130 valence electrons. The summed E-state index contributed by atoms with van der Waals surface area (Å²) in [6.45, 7) is 0. The molecule has 7 heteroatoms. The fraction of sp³-hybridized carbons (Fsp3) is 0.263. The second kappa shape index (κ2) is 5.94. The minimum absolute atomic E-state index is 0.437. The van der Waals surface area contributed by atoms with E-state index < -0.39 is 0 Å². The average molecular weight is 348 g/mol. The van der Waals surface area contributed by atoms with Crippen molar-refractivity contribution >= 4 is 11.1 Å². The molecule has 0 N–H and O–H groups in total. The number of para-hydroxylation sites is 1. The van der Waals surface area contributed by atoms with E-state index in [2.05, 4.69) is 20.3 Å². The lowest BCUT2D eigenvalue weighted by molar-refractivity contribution is 0.408. The highest BCUT2D eigenvalue weighted by Crippen LogP contribution is 2.42. The van der Waals surface area contributed by atoms with Crippen molar-refractivity contribution in [3.63, 3.8) is 0 Å². The second-order valence-corrected chi connectivity index (χ2v) is 6.41. The molecule has 3 aromatic heterocycles. The molecule has 3 heterocycles. The van der Waals surface area contributed by atoms with E-state index in [4.69, 9.17) is 13.7 Å². The van der Waals surface area contributed by atoms with Gasteiger partial charge in [0, 0.05) is 17.7 Å². The van der Waals surface area contributed by atoms with Crippen LogP contribution in [0.15, 0.2) is 45.5 Å². The summed E-state index contributed by atoms with van der Waals surface area (Å²) in [5, 5.41) is 13.4. The van der Waals surface area contributed by atoms with Crippen LogP contribution in [0.2, 0.25) is 0 Å². The van der Waals surface area contributed by atoms with Gasteiger partial charge in [-0.2, -0.15) is 0 Å². The first-order valence-electron chi connectivity index (χ1n) is 8.52. The highest BCUT2D eigenvalue weighted by Gasteiger charge is 2.29. The molecule has 0 spiro atoms. The molecule has 4 aromatic rings. The van der Waals surface area contributed by atoms with Gasteiger partial charge in [0.25, 0.3) is 5.71 Å². The maximum atomic E-state index is 5.85. The molecule has 0 unspecified atom stereocenters. The molecule has 1 saturated carbocycles. The fourth-order valence-corrected chi connectivity index (χ4v) is 3.07. The zero-order valence-electron chi connectivity index (χ0n) is 14.2. The Morgan fingerprint density at radius 3 is 2.92 bits per heavy atom. The molecule has 0 atom stereocenters. The van der Waals surface area contributed by atoms with Crippen LogP contribution in [-0.4, -0.2) is 27.4 Å². The van der Waals surface area contributed by atoms with Crippen molar-refractivity contribution in [2.75, 3.05) is 7.11 Å². The molecule has 0 saturated heterocycles. The molecular weight excluding hydrogens is 332 g/mol. The van der Waals surface area contributed by atoms with Gasteiger partial charge in [-0.1, -0.05) is 23.4 Å². The summed E-state index contributed by atoms with van der Waals surface area (Å²) in [7, 11) is 1.65. The van der Waals surface area contributed by atoms with Gasteiger partial charge in [0.05, 0.1) is 30.2 Å². The van der Waals surface area contributed by atoms with E-state index in [1.807, 2.05) is 30.3 Å². The summed E-state index contributed by atoms with van der Waals surface area (Å²) in [5.41, 5.74) is 3.28. The first-order valence-corrected chi connectivity index (χ1v) is 8.52. The monoisotopic (exact) mass is 348 g/mol. The van der Waals surface area contributed by atoms with Crippen molar-refractivity contribution < 1.29 is 13.7 Å². The SMILES string of the molecule is COc1ccccc1Cc1nnc(-c2cnc3onc(C4CC4)c3c2)o1. The van der Waals surface area contributed by atoms with Crippen molar-refractivity contribution in [1.29, 1.82) is 0 Å². The van der Waals surface area contributed by atoms with Gasteiger partial charge in [0.15, 0.2) is 0 Å². The number of ether oxygens (including phenoxy) is 1. The highest BCUT2D eigenvalue weighted by atomic mass is 16.5. The standard InChI is InChI=1S/C19H16N4O3/c1-24-15-5-3-2-4-12(15)9-16-21-22-18(25-16)13-8-14-17(11-6-7-11)23-26-19(14)20-10-13/h2-5,8,10-11H,6-7,9H2,1H3. The summed E-state index contributed by atoms with van der Waals surface area (Å²) < 4.78 is 16.5. The molecule has 1 fully saturated rings. The maximum absolute atomic E-state index is 5.85. The molecule has 0 amide bonds. The van der Waals surface area contributed by atoms with Crippen LogP contribution in [0.1, 0.15) is 35.9 Å². The Kier molecular flexibility index (Phi) is 3.44. The molecule has 5 rings (SSSR count). The van der Waals surface area contributed by atoms with E-state index in [1.165, 1.54) is 0 Å². The Balaban J connectivity index is 1.46. The molecule has 0 aliphatic heterocycles. The Hall–Kier alpha value is -3.22. The predicted molar refractivity (Wildman–Crippen MR) is 92.9 cm³/mol. The van der Waals surface area contributed by atoms with Gasteiger partial charge in [-0.3, -0.25) is 0 Å². The molecule has 0 radical (unpaired) electrons. The number of nitrogens with zero attached hydrogens (tertiary/aromatic N) is 4. The van der Waals surface area contributed by atoms with Crippen molar-refractivity contribution in [2.45, 2.75) is 25.2 Å². The predicted octanol–water partition coefficient (Wildman–Crippen LogP) is 3.75. The molecule has 0 bridgehead atoms. The van der Waals surface area contributed by atoms with Crippen LogP contribution in [0.4, 0.5) is 0 Å². The minimum atomic E-state index is 0.437. The number of hydrogen-bond donors (Lipinski definition) is 0. The summed E-state index contributed by atoms with van der Waals surface area (Å²) in [5.74, 6) is 2.25. The largest absolute Gasteiger partial charge is 0.496 e. The molecule has 26 heavy (non-hydrogen) atoms. The van der Waals surface area contributed by atoms with Crippen molar-refractivity contribution in [3.8, 4) is 17.2 Å². The van der Waals surface area contributed by atoms with Gasteiger partial charge in [-0.05, 0) is 25.0 Å². The van der Waals surface area contributed by atoms with E-state index in [9.17, 15) is 0 Å². The summed E-state index contributed by atoms with van der Waals surface area (Å²) in [6, 6.07) is 9.75. The van der Waals surface area contributed by atoms with Gasteiger partial charge < -0.3 is 13.7 Å². The molecular formula is C19H16N4O3. The smallest absolute Gasteiger partial charge is 0.257 e. The van der Waals surface area contributed by atoms with E-state index in [1.54, 1.807) is 13.3 Å². The summed E-state index contributed by atoms with van der Waals surface area (Å²) in [4.78, 5) is 4.33. The van der Waals surface area contributed by atoms with E-state index >= 15 is 0 Å². The second-order valence-electron chi connectivity index (χ2n) is 6.41. The van der Waals surface area contributed by atoms with Crippen LogP contribution in [0.5, 0.6) is 5.75 Å². The topological polar surface area (TPSA) is 87.1 Å². The van der Waals surface area contributed by atoms with Crippen molar-refractivity contribution in [2.24, 2.45) is 0 Å². The third-order valence-corrected chi connectivity index (χ3v) is 4.57. The lowest BCUT2D eigenvalue weighted by atomic mass is 10.1. The molecule has 1 aliphatic carbocycles. The lowest BCUT2D eigenvalue weighted by Crippen LogP contribution is -1.93. The number of benzene rings is 1. The van der Waals surface area contributed by atoms with Crippen LogP contribution >= 0.6 is 0 Å². The van der Waals surface area contributed by atoms with Gasteiger partial charge in [-0.15, -0.1) is 10.2 Å². The Morgan fingerprint density at radius 2 is 2.08 bits per heavy atom. The number of pyridine rings is 1. The van der Waals surface area contributed by atoms with Crippen molar-refractivity contribution in [3.05, 3.63) is 53.7 Å². The van der Waals surface area contributed by atoms with Gasteiger partial charge in [0.2, 0.25) is 11.8 Å². The number of hydrogen-bond acceptors (Lipinski definition) is 7. The van der Waals surface area contributed by atoms with E-state index in [-0.39, 0.29) is 0 Å². The Morgan fingerprint density at radius 1 is 1.19 bits per heavy atom. The van der Waals surface area contributed by atoms with Crippen LogP contribution in [0.3, 0.4) is 0 Å². The van der Waals surface area contributed by atoms with Gasteiger partial charge in [0.1, 0.15) is 5.75 Å². The highest BCUT2D eigenvalue weighted by molar-refractivity contribution is 5.81. The third-order valence-electron chi connectivity index (χ3n) is 4.57. The van der Waals surface area contributed by atoms with Crippen LogP contribution < -0.4 is 4.74 Å². The Labute approximate surface area is 149 Å². The fourth-order valence-electron chi connectivity index (χ4n) is 3.07. The average Bonchev–Trinajstić information content (AvgIpc) is 3.26. The van der Waals surface area contributed by atoms with Crippen LogP contribution in [-0.2, 0) is 6.42 Å². The molecule has 7 nitrogen and oxygen atoms in total. The molecule has 1 aromatic carbocycles. The van der Waals surface area contributed by atoms with Crippen molar-refractivity contribution in [1.82, 2.24) is 20.3 Å². The minimum Gasteiger partial charge on any atom is -0.496 e. The lowest BCUT2D eigenvalue weighted by Gasteiger charge is -2.05. The summed E-state index contributed by atoms with van der Waals surface area (Å²) in [6.07, 6.45) is 4.48. The third kappa shape index (κ3) is 2.61. The first-order chi connectivity index (χ1) is 12.8. The number of methoxy groups -OCH3 is 1. The number of fused-ring (bicyclic) bond motifs is 1. The van der Waals surface area contributed by atoms with Gasteiger partial charge >= 0.3 is 0 Å². The number of aromatic nitrogens is 4. The zero-order valence-corrected chi connectivity index (χ0v) is 14.2. The van der Waals surface area contributed by atoms with Gasteiger partial charge in [-0.25, -0.2) is 4.98 Å². The quantitative estimate of drug-likeness (QED) is 0.543. The normalized spacial score (nSPS) is 14.0. The maximum Gasteiger partial charge on any atom is 0.257 e. The number of rotatable bonds is 5. The Bertz CT molecular complexity index is 1080. The first kappa shape index (κ1) is 15.1. The van der Waals surface area contributed by atoms with E-state index in [0.717, 1.165) is 40.8 Å². The van der Waals surface area contributed by atoms with E-state index in [0.29, 0.717) is 29.8 Å². The molecule has 1 aliphatic rings. The zero-order chi connectivity index (χ0) is 17.5. The summed E-state index contributed by atoms with van der Waals surface area (Å²) >= 11 is 0. The van der Waals surface area contributed by atoms with Crippen LogP contribution in [0.25, 0.3) is 22.6 Å².